The predicted molar refractivity (Wildman–Crippen MR) is 79.1 cm³/mol. The summed E-state index contributed by atoms with van der Waals surface area (Å²) in [7, 11) is 0. The van der Waals surface area contributed by atoms with Crippen molar-refractivity contribution in [1.82, 2.24) is 5.32 Å². The molecule has 0 radical (unpaired) electrons. The Kier molecular flexibility index (Phi) is 6.93. The number of carbonyl (C=O) groups is 2. The molecule has 5 nitrogen and oxygen atoms in total. The Morgan fingerprint density at radius 3 is 2.80 bits per heavy atom. The first kappa shape index (κ1) is 16.4. The van der Waals surface area contributed by atoms with E-state index in [-0.39, 0.29) is 23.5 Å². The number of hydrogen-bond acceptors (Lipinski definition) is 4. The molecule has 2 N–H and O–H groups in total. The Morgan fingerprint density at radius 2 is 2.15 bits per heavy atom. The van der Waals surface area contributed by atoms with Gasteiger partial charge < -0.3 is 15.2 Å². The van der Waals surface area contributed by atoms with E-state index in [0.717, 1.165) is 23.1 Å². The van der Waals surface area contributed by atoms with Crippen LogP contribution in [0.25, 0.3) is 0 Å². The van der Waals surface area contributed by atoms with Gasteiger partial charge in [0.15, 0.2) is 0 Å². The molecular weight excluding hydrogens is 278 g/mol. The van der Waals surface area contributed by atoms with Crippen molar-refractivity contribution in [2.75, 3.05) is 18.1 Å². The molecule has 0 aliphatic carbocycles. The number of carbonyl (C=O) groups excluding carboxylic acids is 1. The summed E-state index contributed by atoms with van der Waals surface area (Å²) in [6.45, 7) is 4.39. The van der Waals surface area contributed by atoms with Crippen molar-refractivity contribution in [2.24, 2.45) is 0 Å². The van der Waals surface area contributed by atoms with E-state index in [1.165, 1.54) is 0 Å². The number of carboxylic acid groups (broad SMARTS) is 1. The van der Waals surface area contributed by atoms with Gasteiger partial charge in [-0.25, -0.2) is 0 Å². The van der Waals surface area contributed by atoms with Crippen LogP contribution >= 0.6 is 11.8 Å². The minimum Gasteiger partial charge on any atom is -0.494 e. The Morgan fingerprint density at radius 1 is 1.40 bits per heavy atom. The average molecular weight is 297 g/mol. The van der Waals surface area contributed by atoms with Gasteiger partial charge in [-0.1, -0.05) is 12.1 Å². The normalized spacial score (nSPS) is 11.7. The second-order valence-electron chi connectivity index (χ2n) is 4.18. The van der Waals surface area contributed by atoms with Crippen molar-refractivity contribution in [3.05, 3.63) is 29.8 Å². The molecule has 1 rings (SSSR count). The van der Waals surface area contributed by atoms with Crippen molar-refractivity contribution in [2.45, 2.75) is 19.9 Å². The maximum Gasteiger partial charge on any atom is 0.313 e. The van der Waals surface area contributed by atoms with Crippen molar-refractivity contribution in [1.29, 1.82) is 0 Å². The molecule has 20 heavy (non-hydrogen) atoms. The molecular formula is C14H19NO4S. The molecule has 1 aromatic carbocycles. The Labute approximate surface area is 122 Å². The summed E-state index contributed by atoms with van der Waals surface area (Å²) >= 11 is 1.08. The zero-order valence-corrected chi connectivity index (χ0v) is 12.4. The molecule has 110 valence electrons. The molecule has 0 aromatic heterocycles. The minimum absolute atomic E-state index is 0.0678. The van der Waals surface area contributed by atoms with E-state index in [1.54, 1.807) is 0 Å². The largest absolute Gasteiger partial charge is 0.494 e. The van der Waals surface area contributed by atoms with Gasteiger partial charge in [0.05, 0.1) is 24.2 Å². The van der Waals surface area contributed by atoms with Crippen molar-refractivity contribution in [3.8, 4) is 5.75 Å². The number of ether oxygens (including phenoxy) is 1. The number of hydrogen-bond donors (Lipinski definition) is 2. The van der Waals surface area contributed by atoms with Gasteiger partial charge in [0.2, 0.25) is 5.91 Å². The Hall–Kier alpha value is -1.69. The molecule has 0 heterocycles. The highest BCUT2D eigenvalue weighted by molar-refractivity contribution is 8.00. The highest BCUT2D eigenvalue weighted by Crippen LogP contribution is 2.19. The van der Waals surface area contributed by atoms with Gasteiger partial charge in [-0.05, 0) is 31.5 Å². The first-order valence-corrected chi connectivity index (χ1v) is 7.50. The van der Waals surface area contributed by atoms with E-state index >= 15 is 0 Å². The Bertz CT molecular complexity index is 464. The summed E-state index contributed by atoms with van der Waals surface area (Å²) in [5.41, 5.74) is 0.951. The van der Waals surface area contributed by atoms with Crippen LogP contribution in [0.2, 0.25) is 0 Å². The standard InChI is InChI=1S/C14H19NO4S/c1-3-19-12-6-4-5-11(7-12)10(2)15-13(16)8-20-9-14(17)18/h4-7,10H,3,8-9H2,1-2H3,(H,15,16)(H,17,18). The molecule has 0 aliphatic heterocycles. The fourth-order valence-corrected chi connectivity index (χ4v) is 2.18. The van der Waals surface area contributed by atoms with Crippen LogP contribution in [0.1, 0.15) is 25.5 Å². The summed E-state index contributed by atoms with van der Waals surface area (Å²) in [6, 6.07) is 7.40. The fourth-order valence-electron chi connectivity index (χ4n) is 1.64. The number of thioether (sulfide) groups is 1. The average Bonchev–Trinajstić information content (AvgIpc) is 2.39. The van der Waals surface area contributed by atoms with E-state index in [2.05, 4.69) is 5.32 Å². The lowest BCUT2D eigenvalue weighted by molar-refractivity contribution is -0.133. The maximum atomic E-state index is 11.7. The molecule has 0 saturated heterocycles. The molecule has 0 aliphatic rings. The molecule has 1 aromatic rings. The van der Waals surface area contributed by atoms with Gasteiger partial charge >= 0.3 is 5.97 Å². The number of aliphatic carboxylic acids is 1. The summed E-state index contributed by atoms with van der Waals surface area (Å²) in [4.78, 5) is 22.0. The minimum atomic E-state index is -0.916. The number of rotatable bonds is 8. The molecule has 1 atom stereocenters. The van der Waals surface area contributed by atoms with E-state index in [1.807, 2.05) is 38.1 Å². The Balaban J connectivity index is 2.48. The molecule has 0 saturated carbocycles. The summed E-state index contributed by atoms with van der Waals surface area (Å²) < 4.78 is 5.41. The van der Waals surface area contributed by atoms with E-state index in [4.69, 9.17) is 9.84 Å². The third kappa shape index (κ3) is 5.97. The third-order valence-electron chi connectivity index (χ3n) is 2.51. The van der Waals surface area contributed by atoms with Crippen LogP contribution in [0.3, 0.4) is 0 Å². The van der Waals surface area contributed by atoms with Gasteiger partial charge in [-0.15, -0.1) is 11.8 Å². The van der Waals surface area contributed by atoms with Crippen molar-refractivity contribution < 1.29 is 19.4 Å². The lowest BCUT2D eigenvalue weighted by Gasteiger charge is -2.15. The van der Waals surface area contributed by atoms with Crippen LogP contribution in [-0.4, -0.2) is 35.1 Å². The number of benzene rings is 1. The summed E-state index contributed by atoms with van der Waals surface area (Å²) in [5, 5.41) is 11.3. The van der Waals surface area contributed by atoms with Gasteiger partial charge in [-0.2, -0.15) is 0 Å². The number of carboxylic acids is 1. The highest BCUT2D eigenvalue weighted by Gasteiger charge is 2.11. The first-order valence-electron chi connectivity index (χ1n) is 6.34. The lowest BCUT2D eigenvalue weighted by Crippen LogP contribution is -2.28. The predicted octanol–water partition coefficient (Wildman–Crippen LogP) is 2.08. The second-order valence-corrected chi connectivity index (χ2v) is 5.17. The second kappa shape index (κ2) is 8.47. The van der Waals surface area contributed by atoms with Crippen LogP contribution in [0.15, 0.2) is 24.3 Å². The monoisotopic (exact) mass is 297 g/mol. The van der Waals surface area contributed by atoms with Crippen molar-refractivity contribution >= 4 is 23.6 Å². The molecule has 0 bridgehead atoms. The first-order chi connectivity index (χ1) is 9.52. The maximum absolute atomic E-state index is 11.7. The van der Waals surface area contributed by atoms with Gasteiger partial charge in [0.1, 0.15) is 5.75 Å². The van der Waals surface area contributed by atoms with E-state index < -0.39 is 5.97 Å². The highest BCUT2D eigenvalue weighted by atomic mass is 32.2. The zero-order valence-electron chi connectivity index (χ0n) is 11.6. The van der Waals surface area contributed by atoms with Crippen LogP contribution in [-0.2, 0) is 9.59 Å². The third-order valence-corrected chi connectivity index (χ3v) is 3.42. The lowest BCUT2D eigenvalue weighted by atomic mass is 10.1. The SMILES string of the molecule is CCOc1cccc(C(C)NC(=O)CSCC(=O)O)c1. The molecule has 0 fully saturated rings. The van der Waals surface area contributed by atoms with Crippen LogP contribution in [0.5, 0.6) is 5.75 Å². The quantitative estimate of drug-likeness (QED) is 0.768. The van der Waals surface area contributed by atoms with Gasteiger partial charge in [-0.3, -0.25) is 9.59 Å². The zero-order chi connectivity index (χ0) is 15.0. The van der Waals surface area contributed by atoms with Crippen LogP contribution in [0.4, 0.5) is 0 Å². The molecule has 1 amide bonds. The van der Waals surface area contributed by atoms with Crippen LogP contribution in [0, 0.1) is 0 Å². The fraction of sp³-hybridized carbons (Fsp3) is 0.429. The van der Waals surface area contributed by atoms with E-state index in [0.29, 0.717) is 6.61 Å². The summed E-state index contributed by atoms with van der Waals surface area (Å²) in [6.07, 6.45) is 0. The van der Waals surface area contributed by atoms with E-state index in [9.17, 15) is 9.59 Å². The number of nitrogens with one attached hydrogen (secondary N) is 1. The molecule has 0 spiro atoms. The molecule has 1 unspecified atom stereocenters. The topological polar surface area (TPSA) is 75.6 Å². The summed E-state index contributed by atoms with van der Waals surface area (Å²) in [5.74, 6) is -0.249. The number of amides is 1. The van der Waals surface area contributed by atoms with Crippen molar-refractivity contribution in [3.63, 3.8) is 0 Å². The van der Waals surface area contributed by atoms with Crippen LogP contribution < -0.4 is 10.1 Å². The van der Waals surface area contributed by atoms with Gasteiger partial charge in [0.25, 0.3) is 0 Å². The smallest absolute Gasteiger partial charge is 0.313 e. The molecule has 6 heteroatoms. The van der Waals surface area contributed by atoms with Gasteiger partial charge in [0, 0.05) is 0 Å².